The average molecular weight is 417 g/mol. The lowest BCUT2D eigenvalue weighted by Gasteiger charge is -2.36. The summed E-state index contributed by atoms with van der Waals surface area (Å²) in [5.74, 6) is 0.0311. The molecule has 1 aromatic rings. The van der Waals surface area contributed by atoms with Gasteiger partial charge in [-0.3, -0.25) is 0 Å². The number of hydrogen-bond donors (Lipinski definition) is 0. The standard InChI is InChI=1S/C18H28N2O5S2/c1-26(21,22)19-11-7-17(8-12-19)25-18-9-13-20(14-10-18)27(23,24)15-16-5-3-2-4-6-16/h2-6,17-18H,7-15H2,1H3. The van der Waals surface area contributed by atoms with Crippen molar-refractivity contribution in [3.05, 3.63) is 35.9 Å². The van der Waals surface area contributed by atoms with E-state index in [2.05, 4.69) is 0 Å². The molecule has 152 valence electrons. The molecule has 0 spiro atoms. The lowest BCUT2D eigenvalue weighted by Crippen LogP contribution is -2.44. The van der Waals surface area contributed by atoms with Crippen molar-refractivity contribution < 1.29 is 21.6 Å². The molecule has 3 rings (SSSR count). The monoisotopic (exact) mass is 416 g/mol. The summed E-state index contributed by atoms with van der Waals surface area (Å²) in [5.41, 5.74) is 0.800. The molecular formula is C18H28N2O5S2. The topological polar surface area (TPSA) is 84.0 Å². The van der Waals surface area contributed by atoms with E-state index in [0.29, 0.717) is 51.9 Å². The van der Waals surface area contributed by atoms with Crippen molar-refractivity contribution in [2.75, 3.05) is 32.4 Å². The van der Waals surface area contributed by atoms with Crippen LogP contribution in [0.5, 0.6) is 0 Å². The predicted octanol–water partition coefficient (Wildman–Crippen LogP) is 1.42. The zero-order valence-corrected chi connectivity index (χ0v) is 17.3. The molecule has 0 radical (unpaired) electrons. The van der Waals surface area contributed by atoms with Crippen molar-refractivity contribution in [2.24, 2.45) is 0 Å². The first-order chi connectivity index (χ1) is 12.7. The number of ether oxygens (including phenoxy) is 1. The number of benzene rings is 1. The molecule has 0 unspecified atom stereocenters. The van der Waals surface area contributed by atoms with Gasteiger partial charge < -0.3 is 4.74 Å². The Kier molecular flexibility index (Phi) is 6.58. The van der Waals surface area contributed by atoms with Gasteiger partial charge in [-0.2, -0.15) is 0 Å². The molecular weight excluding hydrogens is 388 g/mol. The summed E-state index contributed by atoms with van der Waals surface area (Å²) >= 11 is 0. The summed E-state index contributed by atoms with van der Waals surface area (Å²) in [5, 5.41) is 0. The molecule has 2 aliphatic heterocycles. The second kappa shape index (κ2) is 8.57. The van der Waals surface area contributed by atoms with Gasteiger partial charge in [-0.05, 0) is 31.2 Å². The highest BCUT2D eigenvalue weighted by atomic mass is 32.2. The first kappa shape index (κ1) is 20.7. The fraction of sp³-hybridized carbons (Fsp3) is 0.667. The Balaban J connectivity index is 1.45. The quantitative estimate of drug-likeness (QED) is 0.700. The van der Waals surface area contributed by atoms with E-state index in [0.717, 1.165) is 5.56 Å². The van der Waals surface area contributed by atoms with E-state index in [9.17, 15) is 16.8 Å². The van der Waals surface area contributed by atoms with E-state index in [1.165, 1.54) is 10.6 Å². The molecule has 1 aromatic carbocycles. The fourth-order valence-corrected chi connectivity index (χ4v) is 6.13. The third-order valence-electron chi connectivity index (χ3n) is 5.24. The molecule has 7 nitrogen and oxygen atoms in total. The lowest BCUT2D eigenvalue weighted by molar-refractivity contribution is -0.0519. The Bertz CT molecular complexity index is 811. The first-order valence-corrected chi connectivity index (χ1v) is 12.8. The molecule has 2 heterocycles. The Hall–Kier alpha value is -1.00. The summed E-state index contributed by atoms with van der Waals surface area (Å²) in [6.07, 6.45) is 4.09. The lowest BCUT2D eigenvalue weighted by atomic mass is 10.1. The zero-order valence-electron chi connectivity index (χ0n) is 15.7. The maximum atomic E-state index is 12.6. The SMILES string of the molecule is CS(=O)(=O)N1CCC(OC2CCN(S(=O)(=O)Cc3ccccc3)CC2)CC1. The Morgan fingerprint density at radius 2 is 1.33 bits per heavy atom. The number of nitrogens with zero attached hydrogens (tertiary/aromatic N) is 2. The third-order valence-corrected chi connectivity index (χ3v) is 8.39. The van der Waals surface area contributed by atoms with E-state index < -0.39 is 20.0 Å². The van der Waals surface area contributed by atoms with Gasteiger partial charge in [0.1, 0.15) is 0 Å². The van der Waals surface area contributed by atoms with Crippen molar-refractivity contribution in [1.82, 2.24) is 8.61 Å². The maximum Gasteiger partial charge on any atom is 0.218 e. The second-order valence-electron chi connectivity index (χ2n) is 7.34. The van der Waals surface area contributed by atoms with Crippen LogP contribution in [0.3, 0.4) is 0 Å². The summed E-state index contributed by atoms with van der Waals surface area (Å²) in [7, 11) is -6.44. The molecule has 0 saturated carbocycles. The van der Waals surface area contributed by atoms with Gasteiger partial charge in [0.05, 0.1) is 24.2 Å². The fourth-order valence-electron chi connectivity index (χ4n) is 3.69. The number of rotatable bonds is 6. The molecule has 2 fully saturated rings. The van der Waals surface area contributed by atoms with Gasteiger partial charge in [0, 0.05) is 26.2 Å². The molecule has 0 amide bonds. The van der Waals surface area contributed by atoms with Crippen LogP contribution in [0, 0.1) is 0 Å². The minimum atomic E-state index is -3.31. The van der Waals surface area contributed by atoms with Crippen LogP contribution >= 0.6 is 0 Å². The molecule has 0 atom stereocenters. The van der Waals surface area contributed by atoms with Crippen LogP contribution < -0.4 is 0 Å². The predicted molar refractivity (Wildman–Crippen MR) is 104 cm³/mol. The van der Waals surface area contributed by atoms with E-state index >= 15 is 0 Å². The van der Waals surface area contributed by atoms with E-state index in [1.807, 2.05) is 30.3 Å². The molecule has 0 bridgehead atoms. The van der Waals surface area contributed by atoms with Crippen molar-refractivity contribution in [3.63, 3.8) is 0 Å². The highest BCUT2D eigenvalue weighted by molar-refractivity contribution is 7.88. The molecule has 2 aliphatic rings. The summed E-state index contributed by atoms with van der Waals surface area (Å²) in [6.45, 7) is 1.94. The molecule has 0 aromatic heterocycles. The second-order valence-corrected chi connectivity index (χ2v) is 11.3. The van der Waals surface area contributed by atoms with E-state index in [4.69, 9.17) is 4.74 Å². The van der Waals surface area contributed by atoms with Crippen LogP contribution in [0.25, 0.3) is 0 Å². The summed E-state index contributed by atoms with van der Waals surface area (Å²) in [4.78, 5) is 0. The minimum absolute atomic E-state index is 0.0311. The molecule has 27 heavy (non-hydrogen) atoms. The van der Waals surface area contributed by atoms with Gasteiger partial charge in [-0.1, -0.05) is 30.3 Å². The summed E-state index contributed by atoms with van der Waals surface area (Å²) < 4.78 is 57.5. The van der Waals surface area contributed by atoms with Crippen LogP contribution in [0.1, 0.15) is 31.2 Å². The molecule has 2 saturated heterocycles. The normalized spacial score (nSPS) is 22.1. The van der Waals surface area contributed by atoms with E-state index in [1.54, 1.807) is 4.31 Å². The minimum Gasteiger partial charge on any atom is -0.375 e. The zero-order chi connectivity index (χ0) is 19.5. The highest BCUT2D eigenvalue weighted by Gasteiger charge is 2.31. The average Bonchev–Trinajstić information content (AvgIpc) is 2.62. The van der Waals surface area contributed by atoms with Crippen LogP contribution in [0.15, 0.2) is 30.3 Å². The van der Waals surface area contributed by atoms with Crippen LogP contribution in [-0.4, -0.2) is 70.1 Å². The van der Waals surface area contributed by atoms with Gasteiger partial charge in [0.15, 0.2) is 0 Å². The van der Waals surface area contributed by atoms with Gasteiger partial charge >= 0.3 is 0 Å². The van der Waals surface area contributed by atoms with Crippen LogP contribution in [0.2, 0.25) is 0 Å². The molecule has 0 N–H and O–H groups in total. The van der Waals surface area contributed by atoms with Crippen LogP contribution in [0.4, 0.5) is 0 Å². The molecule has 9 heteroatoms. The van der Waals surface area contributed by atoms with E-state index in [-0.39, 0.29) is 18.0 Å². The summed E-state index contributed by atoms with van der Waals surface area (Å²) in [6, 6.07) is 9.23. The van der Waals surface area contributed by atoms with Gasteiger partial charge in [0.2, 0.25) is 20.0 Å². The smallest absolute Gasteiger partial charge is 0.218 e. The maximum absolute atomic E-state index is 12.6. The van der Waals surface area contributed by atoms with Crippen molar-refractivity contribution in [2.45, 2.75) is 43.6 Å². The third kappa shape index (κ3) is 5.74. The Morgan fingerprint density at radius 3 is 1.81 bits per heavy atom. The first-order valence-electron chi connectivity index (χ1n) is 9.36. The van der Waals surface area contributed by atoms with Crippen molar-refractivity contribution >= 4 is 20.0 Å². The van der Waals surface area contributed by atoms with Gasteiger partial charge in [-0.25, -0.2) is 25.4 Å². The largest absolute Gasteiger partial charge is 0.375 e. The number of hydrogen-bond acceptors (Lipinski definition) is 5. The van der Waals surface area contributed by atoms with Crippen LogP contribution in [-0.2, 0) is 30.5 Å². The Labute approximate surface area is 162 Å². The van der Waals surface area contributed by atoms with Crippen molar-refractivity contribution in [1.29, 1.82) is 0 Å². The van der Waals surface area contributed by atoms with Gasteiger partial charge in [0.25, 0.3) is 0 Å². The van der Waals surface area contributed by atoms with Gasteiger partial charge in [-0.15, -0.1) is 0 Å². The Morgan fingerprint density at radius 1 is 0.852 bits per heavy atom. The number of sulfonamides is 2. The highest BCUT2D eigenvalue weighted by Crippen LogP contribution is 2.24. The number of piperidine rings is 2. The molecule has 0 aliphatic carbocycles. The van der Waals surface area contributed by atoms with Crippen molar-refractivity contribution in [3.8, 4) is 0 Å².